The second-order valence-electron chi connectivity index (χ2n) is 3.45. The van der Waals surface area contributed by atoms with Gasteiger partial charge in [-0.25, -0.2) is 4.98 Å². The van der Waals surface area contributed by atoms with Crippen molar-refractivity contribution < 1.29 is 9.21 Å². The van der Waals surface area contributed by atoms with Gasteiger partial charge in [-0.2, -0.15) is 0 Å². The second-order valence-corrected chi connectivity index (χ2v) is 4.27. The molecule has 88 valence electrons. The number of carbonyl (C=O) groups is 1. The number of rotatable bonds is 4. The molecule has 0 unspecified atom stereocenters. The zero-order chi connectivity index (χ0) is 12.1. The second kappa shape index (κ2) is 5.63. The minimum atomic E-state index is -0.128. The molecular formula is C12H11BrN2O2. The highest BCUT2D eigenvalue weighted by atomic mass is 79.9. The van der Waals surface area contributed by atoms with Gasteiger partial charge in [0.15, 0.2) is 0 Å². The summed E-state index contributed by atoms with van der Waals surface area (Å²) in [6.45, 7) is 0.544. The van der Waals surface area contributed by atoms with Gasteiger partial charge >= 0.3 is 0 Å². The molecule has 2 heterocycles. The van der Waals surface area contributed by atoms with Crippen LogP contribution in [0.1, 0.15) is 16.1 Å². The lowest BCUT2D eigenvalue weighted by atomic mass is 10.2. The summed E-state index contributed by atoms with van der Waals surface area (Å²) >= 11 is 3.22. The minimum absolute atomic E-state index is 0.128. The fourth-order valence-corrected chi connectivity index (χ4v) is 1.60. The summed E-state index contributed by atoms with van der Waals surface area (Å²) in [5.41, 5.74) is 0.549. The first-order valence-corrected chi connectivity index (χ1v) is 5.97. The third-order valence-electron chi connectivity index (χ3n) is 2.23. The van der Waals surface area contributed by atoms with E-state index in [1.165, 1.54) is 6.20 Å². The van der Waals surface area contributed by atoms with E-state index in [4.69, 9.17) is 4.42 Å². The highest BCUT2D eigenvalue weighted by Gasteiger charge is 2.05. The Kier molecular flexibility index (Phi) is 3.93. The van der Waals surface area contributed by atoms with Crippen LogP contribution in [0, 0.1) is 0 Å². The van der Waals surface area contributed by atoms with Gasteiger partial charge in [0.2, 0.25) is 0 Å². The summed E-state index contributed by atoms with van der Waals surface area (Å²) in [4.78, 5) is 15.7. The van der Waals surface area contributed by atoms with Crippen molar-refractivity contribution in [1.82, 2.24) is 10.3 Å². The molecule has 0 saturated heterocycles. The molecule has 4 nitrogen and oxygen atoms in total. The highest BCUT2D eigenvalue weighted by Crippen LogP contribution is 2.06. The normalized spacial score (nSPS) is 10.2. The Morgan fingerprint density at radius 2 is 2.29 bits per heavy atom. The molecule has 0 aromatic carbocycles. The molecule has 0 aliphatic carbocycles. The molecule has 1 N–H and O–H groups in total. The van der Waals surface area contributed by atoms with Crippen LogP contribution in [0.25, 0.3) is 0 Å². The largest absolute Gasteiger partial charge is 0.469 e. The smallest absolute Gasteiger partial charge is 0.252 e. The van der Waals surface area contributed by atoms with Crippen LogP contribution in [-0.2, 0) is 6.42 Å². The number of carbonyl (C=O) groups excluding carboxylic acids is 1. The standard InChI is InChI=1S/C12H11BrN2O2/c13-11-4-3-9(8-15-11)12(16)14-6-5-10-2-1-7-17-10/h1-4,7-8H,5-6H2,(H,14,16). The number of amides is 1. The van der Waals surface area contributed by atoms with E-state index in [1.807, 2.05) is 12.1 Å². The van der Waals surface area contributed by atoms with Crippen LogP contribution in [0.2, 0.25) is 0 Å². The number of nitrogens with zero attached hydrogens (tertiary/aromatic N) is 1. The maximum atomic E-state index is 11.7. The molecule has 0 spiro atoms. The van der Waals surface area contributed by atoms with E-state index in [1.54, 1.807) is 18.4 Å². The molecule has 0 aliphatic rings. The van der Waals surface area contributed by atoms with Gasteiger partial charge in [0.05, 0.1) is 11.8 Å². The number of nitrogens with one attached hydrogen (secondary N) is 1. The molecule has 1 amide bonds. The summed E-state index contributed by atoms with van der Waals surface area (Å²) in [5, 5.41) is 2.80. The molecular weight excluding hydrogens is 284 g/mol. The zero-order valence-corrected chi connectivity index (χ0v) is 10.6. The van der Waals surface area contributed by atoms with Gasteiger partial charge in [0, 0.05) is 19.2 Å². The Morgan fingerprint density at radius 1 is 1.41 bits per heavy atom. The highest BCUT2D eigenvalue weighted by molar-refractivity contribution is 9.10. The van der Waals surface area contributed by atoms with Crippen molar-refractivity contribution >= 4 is 21.8 Å². The predicted molar refractivity (Wildman–Crippen MR) is 66.7 cm³/mol. The van der Waals surface area contributed by atoms with Gasteiger partial charge in [-0.05, 0) is 40.2 Å². The van der Waals surface area contributed by atoms with Crippen molar-refractivity contribution in [2.45, 2.75) is 6.42 Å². The Morgan fingerprint density at radius 3 is 2.94 bits per heavy atom. The van der Waals surface area contributed by atoms with E-state index < -0.39 is 0 Å². The van der Waals surface area contributed by atoms with Crippen molar-refractivity contribution in [3.8, 4) is 0 Å². The average molecular weight is 295 g/mol. The van der Waals surface area contributed by atoms with E-state index in [2.05, 4.69) is 26.2 Å². The number of hydrogen-bond acceptors (Lipinski definition) is 3. The van der Waals surface area contributed by atoms with Gasteiger partial charge < -0.3 is 9.73 Å². The molecule has 0 atom stereocenters. The van der Waals surface area contributed by atoms with Gasteiger partial charge in [0.1, 0.15) is 10.4 Å². The fourth-order valence-electron chi connectivity index (χ4n) is 1.37. The van der Waals surface area contributed by atoms with E-state index in [-0.39, 0.29) is 5.91 Å². The van der Waals surface area contributed by atoms with E-state index in [0.29, 0.717) is 23.1 Å². The molecule has 2 aromatic rings. The molecule has 0 radical (unpaired) electrons. The Balaban J connectivity index is 1.83. The Hall–Kier alpha value is -1.62. The van der Waals surface area contributed by atoms with Crippen LogP contribution >= 0.6 is 15.9 Å². The van der Waals surface area contributed by atoms with Gasteiger partial charge in [-0.15, -0.1) is 0 Å². The van der Waals surface area contributed by atoms with Crippen molar-refractivity contribution in [1.29, 1.82) is 0 Å². The van der Waals surface area contributed by atoms with Crippen LogP contribution in [0.15, 0.2) is 45.7 Å². The molecule has 0 fully saturated rings. The maximum Gasteiger partial charge on any atom is 0.252 e. The van der Waals surface area contributed by atoms with Crippen LogP contribution in [0.4, 0.5) is 0 Å². The van der Waals surface area contributed by atoms with E-state index >= 15 is 0 Å². The average Bonchev–Trinajstić information content (AvgIpc) is 2.83. The van der Waals surface area contributed by atoms with Gasteiger partial charge in [-0.3, -0.25) is 4.79 Å². The van der Waals surface area contributed by atoms with Crippen molar-refractivity contribution in [3.05, 3.63) is 52.7 Å². The molecule has 0 saturated carbocycles. The van der Waals surface area contributed by atoms with Crippen molar-refractivity contribution in [3.63, 3.8) is 0 Å². The lowest BCUT2D eigenvalue weighted by molar-refractivity contribution is 0.0953. The fraction of sp³-hybridized carbons (Fsp3) is 0.167. The molecule has 0 aliphatic heterocycles. The monoisotopic (exact) mass is 294 g/mol. The quantitative estimate of drug-likeness (QED) is 0.881. The zero-order valence-electron chi connectivity index (χ0n) is 9.02. The van der Waals surface area contributed by atoms with E-state index in [0.717, 1.165) is 5.76 Å². The summed E-state index contributed by atoms with van der Waals surface area (Å²) in [6, 6.07) is 7.17. The number of aromatic nitrogens is 1. The first-order valence-electron chi connectivity index (χ1n) is 5.18. The minimum Gasteiger partial charge on any atom is -0.469 e. The van der Waals surface area contributed by atoms with Crippen LogP contribution in [0.5, 0.6) is 0 Å². The summed E-state index contributed by atoms with van der Waals surface area (Å²) in [5.74, 6) is 0.732. The number of halogens is 1. The van der Waals surface area contributed by atoms with Crippen LogP contribution < -0.4 is 5.32 Å². The van der Waals surface area contributed by atoms with Crippen molar-refractivity contribution in [2.75, 3.05) is 6.54 Å². The summed E-state index contributed by atoms with van der Waals surface area (Å²) in [6.07, 6.45) is 3.84. The third-order valence-corrected chi connectivity index (χ3v) is 2.70. The Labute approximate surface area is 107 Å². The van der Waals surface area contributed by atoms with E-state index in [9.17, 15) is 4.79 Å². The number of hydrogen-bond donors (Lipinski definition) is 1. The van der Waals surface area contributed by atoms with Crippen LogP contribution in [-0.4, -0.2) is 17.4 Å². The number of pyridine rings is 1. The molecule has 2 aromatic heterocycles. The lowest BCUT2D eigenvalue weighted by Crippen LogP contribution is -2.25. The summed E-state index contributed by atoms with van der Waals surface area (Å²) in [7, 11) is 0. The van der Waals surface area contributed by atoms with Crippen LogP contribution in [0.3, 0.4) is 0 Å². The van der Waals surface area contributed by atoms with Gasteiger partial charge in [0.25, 0.3) is 5.91 Å². The first kappa shape index (κ1) is 11.9. The topological polar surface area (TPSA) is 55.1 Å². The molecule has 2 rings (SSSR count). The maximum absolute atomic E-state index is 11.7. The van der Waals surface area contributed by atoms with Crippen molar-refractivity contribution in [2.24, 2.45) is 0 Å². The SMILES string of the molecule is O=C(NCCc1ccco1)c1ccc(Br)nc1. The van der Waals surface area contributed by atoms with Gasteiger partial charge in [-0.1, -0.05) is 0 Å². The predicted octanol–water partition coefficient (Wildman–Crippen LogP) is 2.41. The molecule has 5 heteroatoms. The molecule has 17 heavy (non-hydrogen) atoms. The summed E-state index contributed by atoms with van der Waals surface area (Å²) < 4.78 is 5.88. The molecule has 0 bridgehead atoms. The third kappa shape index (κ3) is 3.42. The first-order chi connectivity index (χ1) is 8.25. The number of furan rings is 1. The Bertz CT molecular complexity index is 480. The lowest BCUT2D eigenvalue weighted by Gasteiger charge is -2.03.